The summed E-state index contributed by atoms with van der Waals surface area (Å²) in [5.41, 5.74) is 3.08. The minimum atomic E-state index is -0.229. The standard InChI is InChI=1S/C15H20N4O/c1-11-4-3-5-14(12(11)2)18-15(20)10-19-7-6-17-9-13(19)8-16/h3-5,13,17H,6-7,9-10H2,1-2H3,(H,18,20). The first-order valence-electron chi connectivity index (χ1n) is 6.82. The van der Waals surface area contributed by atoms with Gasteiger partial charge in [0.15, 0.2) is 0 Å². The molecular formula is C15H20N4O. The SMILES string of the molecule is Cc1cccc(NC(=O)CN2CCNCC2C#N)c1C. The minimum Gasteiger partial charge on any atom is -0.325 e. The van der Waals surface area contributed by atoms with E-state index in [1.807, 2.05) is 36.9 Å². The summed E-state index contributed by atoms with van der Waals surface area (Å²) in [5.74, 6) is -0.0687. The average molecular weight is 272 g/mol. The summed E-state index contributed by atoms with van der Waals surface area (Å²) in [4.78, 5) is 14.0. The fraction of sp³-hybridized carbons (Fsp3) is 0.467. The largest absolute Gasteiger partial charge is 0.325 e. The Bertz CT molecular complexity index is 535. The number of benzene rings is 1. The number of carbonyl (C=O) groups excluding carboxylic acids is 1. The molecule has 1 heterocycles. The van der Waals surface area contributed by atoms with E-state index in [1.54, 1.807) is 0 Å². The summed E-state index contributed by atoms with van der Waals surface area (Å²) in [5, 5.41) is 15.2. The zero-order valence-corrected chi connectivity index (χ0v) is 11.9. The van der Waals surface area contributed by atoms with Crippen molar-refractivity contribution in [3.63, 3.8) is 0 Å². The van der Waals surface area contributed by atoms with Gasteiger partial charge in [-0.25, -0.2) is 0 Å². The molecule has 20 heavy (non-hydrogen) atoms. The van der Waals surface area contributed by atoms with Crippen molar-refractivity contribution in [2.45, 2.75) is 19.9 Å². The number of nitriles is 1. The van der Waals surface area contributed by atoms with E-state index in [9.17, 15) is 4.79 Å². The monoisotopic (exact) mass is 272 g/mol. The summed E-state index contributed by atoms with van der Waals surface area (Å²) in [6, 6.07) is 7.85. The van der Waals surface area contributed by atoms with Crippen LogP contribution in [-0.4, -0.2) is 43.0 Å². The Balaban J connectivity index is 1.98. The van der Waals surface area contributed by atoms with Crippen molar-refractivity contribution in [2.24, 2.45) is 0 Å². The number of rotatable bonds is 3. The molecule has 1 aliphatic rings. The summed E-state index contributed by atoms with van der Waals surface area (Å²) in [7, 11) is 0. The van der Waals surface area contributed by atoms with Gasteiger partial charge in [0.25, 0.3) is 0 Å². The zero-order chi connectivity index (χ0) is 14.5. The van der Waals surface area contributed by atoms with Gasteiger partial charge in [0, 0.05) is 25.3 Å². The zero-order valence-electron chi connectivity index (χ0n) is 11.9. The maximum atomic E-state index is 12.1. The maximum absolute atomic E-state index is 12.1. The summed E-state index contributed by atoms with van der Waals surface area (Å²) < 4.78 is 0. The highest BCUT2D eigenvalue weighted by Gasteiger charge is 2.23. The van der Waals surface area contributed by atoms with Gasteiger partial charge in [-0.1, -0.05) is 12.1 Å². The third-order valence-corrected chi connectivity index (χ3v) is 3.73. The quantitative estimate of drug-likeness (QED) is 0.862. The highest BCUT2D eigenvalue weighted by atomic mass is 16.2. The Labute approximate surface area is 119 Å². The molecule has 1 aromatic carbocycles. The molecule has 0 bridgehead atoms. The fourth-order valence-corrected chi connectivity index (χ4v) is 2.32. The molecule has 0 saturated carbocycles. The van der Waals surface area contributed by atoms with Gasteiger partial charge in [-0.3, -0.25) is 9.69 Å². The van der Waals surface area contributed by atoms with Gasteiger partial charge in [0.2, 0.25) is 5.91 Å². The molecule has 1 atom stereocenters. The first kappa shape index (κ1) is 14.5. The number of carbonyl (C=O) groups is 1. The van der Waals surface area contributed by atoms with Crippen LogP contribution in [0.1, 0.15) is 11.1 Å². The molecule has 0 aromatic heterocycles. The Kier molecular flexibility index (Phi) is 4.72. The highest BCUT2D eigenvalue weighted by molar-refractivity contribution is 5.93. The lowest BCUT2D eigenvalue weighted by atomic mass is 10.1. The number of nitrogens with one attached hydrogen (secondary N) is 2. The topological polar surface area (TPSA) is 68.2 Å². The van der Waals surface area contributed by atoms with E-state index in [4.69, 9.17) is 5.26 Å². The van der Waals surface area contributed by atoms with Crippen molar-refractivity contribution >= 4 is 11.6 Å². The molecule has 5 nitrogen and oxygen atoms in total. The number of piperazine rings is 1. The van der Waals surface area contributed by atoms with E-state index in [0.29, 0.717) is 6.54 Å². The number of amides is 1. The third kappa shape index (κ3) is 3.35. The van der Waals surface area contributed by atoms with E-state index in [0.717, 1.165) is 29.9 Å². The van der Waals surface area contributed by atoms with Gasteiger partial charge >= 0.3 is 0 Å². The molecule has 1 aliphatic heterocycles. The number of hydrogen-bond acceptors (Lipinski definition) is 4. The van der Waals surface area contributed by atoms with Gasteiger partial charge in [-0.2, -0.15) is 5.26 Å². The van der Waals surface area contributed by atoms with Gasteiger partial charge in [0.1, 0.15) is 6.04 Å². The van der Waals surface area contributed by atoms with Crippen LogP contribution in [0.15, 0.2) is 18.2 Å². The molecule has 5 heteroatoms. The van der Waals surface area contributed by atoms with Crippen LogP contribution < -0.4 is 10.6 Å². The van der Waals surface area contributed by atoms with Crippen LogP contribution in [0.25, 0.3) is 0 Å². The Hall–Kier alpha value is -1.90. The van der Waals surface area contributed by atoms with Crippen LogP contribution >= 0.6 is 0 Å². The molecule has 0 spiro atoms. The predicted octanol–water partition coefficient (Wildman–Crippen LogP) is 1.04. The molecule has 1 saturated heterocycles. The number of anilines is 1. The van der Waals surface area contributed by atoms with Crippen molar-refractivity contribution in [3.8, 4) is 6.07 Å². The Morgan fingerprint density at radius 1 is 1.55 bits per heavy atom. The summed E-state index contributed by atoms with van der Waals surface area (Å²) in [6.45, 7) is 6.43. The van der Waals surface area contributed by atoms with Crippen LogP contribution in [0.2, 0.25) is 0 Å². The van der Waals surface area contributed by atoms with Gasteiger partial charge in [-0.15, -0.1) is 0 Å². The van der Waals surface area contributed by atoms with Crippen LogP contribution in [0, 0.1) is 25.2 Å². The van der Waals surface area contributed by atoms with Gasteiger partial charge in [-0.05, 0) is 31.0 Å². The van der Waals surface area contributed by atoms with E-state index in [1.165, 1.54) is 0 Å². The smallest absolute Gasteiger partial charge is 0.238 e. The van der Waals surface area contributed by atoms with E-state index in [2.05, 4.69) is 16.7 Å². The molecule has 1 aromatic rings. The predicted molar refractivity (Wildman–Crippen MR) is 78.4 cm³/mol. The third-order valence-electron chi connectivity index (χ3n) is 3.73. The van der Waals surface area contributed by atoms with Crippen LogP contribution in [-0.2, 0) is 4.79 Å². The van der Waals surface area contributed by atoms with Crippen molar-refractivity contribution in [1.29, 1.82) is 5.26 Å². The normalized spacial score (nSPS) is 19.4. The lowest BCUT2D eigenvalue weighted by Crippen LogP contribution is -2.52. The molecule has 1 fully saturated rings. The molecule has 0 radical (unpaired) electrons. The lowest BCUT2D eigenvalue weighted by Gasteiger charge is -2.31. The number of nitrogens with zero attached hydrogens (tertiary/aromatic N) is 2. The second-order valence-corrected chi connectivity index (χ2v) is 5.12. The van der Waals surface area contributed by atoms with Crippen molar-refractivity contribution in [1.82, 2.24) is 10.2 Å². The lowest BCUT2D eigenvalue weighted by molar-refractivity contribution is -0.117. The van der Waals surface area contributed by atoms with Crippen LogP contribution in [0.5, 0.6) is 0 Å². The minimum absolute atomic E-state index is 0.0687. The first-order chi connectivity index (χ1) is 9.61. The molecule has 2 N–H and O–H groups in total. The van der Waals surface area contributed by atoms with Crippen molar-refractivity contribution < 1.29 is 4.79 Å². The Morgan fingerprint density at radius 2 is 2.35 bits per heavy atom. The van der Waals surface area contributed by atoms with E-state index < -0.39 is 0 Å². The van der Waals surface area contributed by atoms with Crippen molar-refractivity contribution in [2.75, 3.05) is 31.5 Å². The molecule has 0 aliphatic carbocycles. The molecule has 1 amide bonds. The second-order valence-electron chi connectivity index (χ2n) is 5.12. The summed E-state index contributed by atoms with van der Waals surface area (Å²) >= 11 is 0. The molecule has 2 rings (SSSR count). The number of hydrogen-bond donors (Lipinski definition) is 2. The summed E-state index contributed by atoms with van der Waals surface area (Å²) in [6.07, 6.45) is 0. The molecule has 106 valence electrons. The first-order valence-corrected chi connectivity index (χ1v) is 6.82. The maximum Gasteiger partial charge on any atom is 0.238 e. The van der Waals surface area contributed by atoms with Crippen molar-refractivity contribution in [3.05, 3.63) is 29.3 Å². The molecule has 1 unspecified atom stereocenters. The average Bonchev–Trinajstić information content (AvgIpc) is 2.44. The van der Waals surface area contributed by atoms with Crippen LogP contribution in [0.3, 0.4) is 0 Å². The van der Waals surface area contributed by atoms with Gasteiger partial charge < -0.3 is 10.6 Å². The second kappa shape index (κ2) is 6.51. The number of aryl methyl sites for hydroxylation is 1. The van der Waals surface area contributed by atoms with Gasteiger partial charge in [0.05, 0.1) is 12.6 Å². The highest BCUT2D eigenvalue weighted by Crippen LogP contribution is 2.18. The molecular weight excluding hydrogens is 252 g/mol. The fourth-order valence-electron chi connectivity index (χ4n) is 2.32. The Morgan fingerprint density at radius 3 is 3.10 bits per heavy atom. The van der Waals surface area contributed by atoms with E-state index >= 15 is 0 Å². The van der Waals surface area contributed by atoms with Crippen LogP contribution in [0.4, 0.5) is 5.69 Å². The van der Waals surface area contributed by atoms with E-state index in [-0.39, 0.29) is 18.5 Å².